The van der Waals surface area contributed by atoms with Crippen LogP contribution >= 0.6 is 0 Å². The van der Waals surface area contributed by atoms with E-state index in [9.17, 15) is 18.8 Å². The zero-order valence-electron chi connectivity index (χ0n) is 18.3. The lowest BCUT2D eigenvalue weighted by atomic mass is 10.0. The van der Waals surface area contributed by atoms with Gasteiger partial charge < -0.3 is 20.9 Å². The van der Waals surface area contributed by atoms with Crippen molar-refractivity contribution >= 4 is 23.5 Å². The van der Waals surface area contributed by atoms with Crippen LogP contribution in [0.3, 0.4) is 0 Å². The summed E-state index contributed by atoms with van der Waals surface area (Å²) < 4.78 is 13.5. The zero-order chi connectivity index (χ0) is 23.8. The second-order valence-electron chi connectivity index (χ2n) is 7.98. The van der Waals surface area contributed by atoms with Gasteiger partial charge in [0.1, 0.15) is 11.9 Å². The van der Waals surface area contributed by atoms with Crippen molar-refractivity contribution in [3.63, 3.8) is 0 Å². The molecule has 1 atom stereocenters. The lowest BCUT2D eigenvalue weighted by Crippen LogP contribution is -2.53. The number of hydrogen-bond donors (Lipinski definition) is 3. The first kappa shape index (κ1) is 23.7. The Hall–Kier alpha value is -3.93. The summed E-state index contributed by atoms with van der Waals surface area (Å²) in [5.74, 6) is -1.09. The Morgan fingerprint density at radius 3 is 2.45 bits per heavy atom. The number of nitrogens with one attached hydrogen (secondary N) is 3. The molecule has 33 heavy (non-hydrogen) atoms. The highest BCUT2D eigenvalue weighted by atomic mass is 19.1. The summed E-state index contributed by atoms with van der Waals surface area (Å²) in [5.41, 5.74) is 1.72. The smallest absolute Gasteiger partial charge is 0.321 e. The maximum atomic E-state index is 13.5. The molecule has 2 aromatic rings. The normalized spacial score (nSPS) is 14.6. The molecule has 1 aliphatic rings. The monoisotopic (exact) mass is 451 g/mol. The fraction of sp³-hybridized carbons (Fsp3) is 0.333. The van der Waals surface area contributed by atoms with Crippen molar-refractivity contribution in [3.05, 3.63) is 65.5 Å². The third kappa shape index (κ3) is 7.04. The van der Waals surface area contributed by atoms with E-state index in [1.165, 1.54) is 19.1 Å². The molecule has 0 aliphatic carbocycles. The second kappa shape index (κ2) is 11.1. The highest BCUT2D eigenvalue weighted by Crippen LogP contribution is 2.15. The number of hydrogen-bond acceptors (Lipinski definition) is 4. The molecule has 8 nitrogen and oxygen atoms in total. The minimum Gasteiger partial charge on any atom is -0.351 e. The molecule has 1 saturated heterocycles. The van der Waals surface area contributed by atoms with Crippen LogP contribution in [-0.4, -0.2) is 47.9 Å². The lowest BCUT2D eigenvalue weighted by molar-refractivity contribution is -0.128. The number of urea groups is 1. The summed E-state index contributed by atoms with van der Waals surface area (Å²) in [4.78, 5) is 38.6. The number of likely N-dealkylation sites (tertiary alicyclic amines) is 1. The molecule has 1 fully saturated rings. The number of piperidine rings is 1. The van der Waals surface area contributed by atoms with Crippen LogP contribution in [0, 0.1) is 17.1 Å². The van der Waals surface area contributed by atoms with E-state index in [2.05, 4.69) is 16.0 Å². The topological polar surface area (TPSA) is 114 Å². The lowest BCUT2D eigenvalue weighted by Gasteiger charge is -2.33. The van der Waals surface area contributed by atoms with E-state index in [1.54, 1.807) is 41.3 Å². The predicted octanol–water partition coefficient (Wildman–Crippen LogP) is 2.56. The van der Waals surface area contributed by atoms with Crippen molar-refractivity contribution in [3.8, 4) is 6.07 Å². The van der Waals surface area contributed by atoms with Crippen LogP contribution in [0.4, 0.5) is 14.9 Å². The Morgan fingerprint density at radius 2 is 1.85 bits per heavy atom. The van der Waals surface area contributed by atoms with Gasteiger partial charge in [0.05, 0.1) is 11.6 Å². The van der Waals surface area contributed by atoms with Crippen molar-refractivity contribution < 1.29 is 18.8 Å². The largest absolute Gasteiger partial charge is 0.351 e. The summed E-state index contributed by atoms with van der Waals surface area (Å²) in [6.45, 7) is 2.25. The molecule has 4 amide bonds. The Bertz CT molecular complexity index is 1040. The van der Waals surface area contributed by atoms with Crippen molar-refractivity contribution in [2.75, 3.05) is 18.4 Å². The number of amides is 4. The summed E-state index contributed by atoms with van der Waals surface area (Å²) in [5, 5.41) is 17.2. The summed E-state index contributed by atoms with van der Waals surface area (Å²) in [6.07, 6.45) is 1.31. The van der Waals surface area contributed by atoms with Crippen molar-refractivity contribution in [2.24, 2.45) is 0 Å². The number of carbonyl (C=O) groups excluding carboxylic acids is 3. The van der Waals surface area contributed by atoms with Crippen LogP contribution in [0.25, 0.3) is 0 Å². The Balaban J connectivity index is 1.51. The average molecular weight is 452 g/mol. The molecule has 0 spiro atoms. The first-order valence-corrected chi connectivity index (χ1v) is 10.7. The highest BCUT2D eigenvalue weighted by molar-refractivity contribution is 5.89. The van der Waals surface area contributed by atoms with Gasteiger partial charge in [0, 0.05) is 38.2 Å². The minimum atomic E-state index is -0.818. The van der Waals surface area contributed by atoms with Crippen LogP contribution in [-0.2, 0) is 16.0 Å². The maximum Gasteiger partial charge on any atom is 0.321 e. The van der Waals surface area contributed by atoms with E-state index in [-0.39, 0.29) is 30.3 Å². The van der Waals surface area contributed by atoms with E-state index >= 15 is 0 Å². The van der Waals surface area contributed by atoms with Gasteiger partial charge in [0.2, 0.25) is 11.8 Å². The molecule has 172 valence electrons. The van der Waals surface area contributed by atoms with Gasteiger partial charge in [-0.2, -0.15) is 5.26 Å². The molecule has 0 saturated carbocycles. The molecular formula is C24H26FN5O3. The minimum absolute atomic E-state index is 0.139. The molecule has 3 rings (SSSR count). The van der Waals surface area contributed by atoms with E-state index in [0.717, 1.165) is 0 Å². The van der Waals surface area contributed by atoms with E-state index in [4.69, 9.17) is 5.26 Å². The number of nitriles is 1. The van der Waals surface area contributed by atoms with Crippen LogP contribution < -0.4 is 16.0 Å². The molecule has 2 aromatic carbocycles. The average Bonchev–Trinajstić information content (AvgIpc) is 2.79. The second-order valence-corrected chi connectivity index (χ2v) is 7.98. The Kier molecular flexibility index (Phi) is 7.97. The van der Waals surface area contributed by atoms with Gasteiger partial charge in [0.25, 0.3) is 0 Å². The van der Waals surface area contributed by atoms with Crippen molar-refractivity contribution in [1.82, 2.24) is 15.5 Å². The number of benzene rings is 2. The number of rotatable bonds is 6. The van der Waals surface area contributed by atoms with Gasteiger partial charge in [-0.05, 0) is 54.8 Å². The van der Waals surface area contributed by atoms with E-state index in [0.29, 0.717) is 42.7 Å². The third-order valence-electron chi connectivity index (χ3n) is 5.42. The molecule has 0 bridgehead atoms. The van der Waals surface area contributed by atoms with E-state index in [1.807, 2.05) is 6.07 Å². The SMILES string of the molecule is CC(=O)N[C@@H](Cc1cccc(F)c1)C(=O)NC1CCN(C(=O)Nc2ccc(C#N)cc2)CC1. The number of nitrogens with zero attached hydrogens (tertiary/aromatic N) is 2. The first-order valence-electron chi connectivity index (χ1n) is 10.7. The van der Waals surface area contributed by atoms with Gasteiger partial charge in [-0.3, -0.25) is 9.59 Å². The quantitative estimate of drug-likeness (QED) is 0.626. The molecule has 1 aliphatic heterocycles. The molecule has 0 aromatic heterocycles. The summed E-state index contributed by atoms with van der Waals surface area (Å²) >= 11 is 0. The molecule has 1 heterocycles. The maximum absolute atomic E-state index is 13.5. The molecule has 0 unspecified atom stereocenters. The Morgan fingerprint density at radius 1 is 1.15 bits per heavy atom. The van der Waals surface area contributed by atoms with Crippen molar-refractivity contribution in [2.45, 2.75) is 38.3 Å². The van der Waals surface area contributed by atoms with E-state index < -0.39 is 11.9 Å². The van der Waals surface area contributed by atoms with Crippen LogP contribution in [0.2, 0.25) is 0 Å². The number of carbonyl (C=O) groups is 3. The van der Waals surface area contributed by atoms with Crippen LogP contribution in [0.5, 0.6) is 0 Å². The first-order chi connectivity index (χ1) is 15.8. The fourth-order valence-corrected chi connectivity index (χ4v) is 3.71. The molecular weight excluding hydrogens is 425 g/mol. The van der Waals surface area contributed by atoms with Gasteiger partial charge in [-0.1, -0.05) is 12.1 Å². The van der Waals surface area contributed by atoms with Crippen molar-refractivity contribution in [1.29, 1.82) is 5.26 Å². The van der Waals surface area contributed by atoms with Gasteiger partial charge in [0.15, 0.2) is 0 Å². The highest BCUT2D eigenvalue weighted by Gasteiger charge is 2.27. The molecule has 0 radical (unpaired) electrons. The fourth-order valence-electron chi connectivity index (χ4n) is 3.71. The van der Waals surface area contributed by atoms with Crippen LogP contribution in [0.1, 0.15) is 30.9 Å². The zero-order valence-corrected chi connectivity index (χ0v) is 18.3. The standard InChI is InChI=1S/C24H26FN5O3/c1-16(31)27-22(14-18-3-2-4-19(25)13-18)23(32)28-21-9-11-30(12-10-21)24(33)29-20-7-5-17(15-26)6-8-20/h2-8,13,21-22H,9-12,14H2,1H3,(H,27,31)(H,28,32)(H,29,33)/t22-/m0/s1. The predicted molar refractivity (Wildman–Crippen MR) is 121 cm³/mol. The van der Waals surface area contributed by atoms with Crippen LogP contribution in [0.15, 0.2) is 48.5 Å². The Labute approximate surface area is 191 Å². The van der Waals surface area contributed by atoms with Gasteiger partial charge in [-0.25, -0.2) is 9.18 Å². The summed E-state index contributed by atoms with van der Waals surface area (Å²) in [7, 11) is 0. The molecule has 3 N–H and O–H groups in total. The number of anilines is 1. The number of halogens is 1. The summed E-state index contributed by atoms with van der Waals surface area (Å²) in [6, 6.07) is 13.4. The van der Waals surface area contributed by atoms with Gasteiger partial charge in [-0.15, -0.1) is 0 Å². The third-order valence-corrected chi connectivity index (χ3v) is 5.42. The molecule has 9 heteroatoms. The van der Waals surface area contributed by atoms with Gasteiger partial charge >= 0.3 is 6.03 Å².